The van der Waals surface area contributed by atoms with E-state index in [1.165, 1.54) is 60.8 Å². The van der Waals surface area contributed by atoms with Crippen LogP contribution in [-0.2, 0) is 42.7 Å². The molecule has 0 saturated carbocycles. The zero-order chi connectivity index (χ0) is 20.2. The van der Waals surface area contributed by atoms with Gasteiger partial charge in [0.2, 0.25) is 0 Å². The monoisotopic (exact) mass is 447 g/mol. The third kappa shape index (κ3) is 16.4. The fourth-order valence-corrected chi connectivity index (χ4v) is 2.43. The minimum atomic E-state index is -0.556. The second kappa shape index (κ2) is 21.5. The molecule has 0 unspecified atom stereocenters. The van der Waals surface area contributed by atoms with Gasteiger partial charge in [0, 0.05) is 9.52 Å². The van der Waals surface area contributed by atoms with E-state index >= 15 is 0 Å². The Balaban J connectivity index is 0. The van der Waals surface area contributed by atoms with Crippen LogP contribution in [-0.4, -0.2) is 9.52 Å². The molecule has 149 valence electrons. The van der Waals surface area contributed by atoms with Crippen molar-refractivity contribution in [2.75, 3.05) is 0 Å². The van der Waals surface area contributed by atoms with Gasteiger partial charge in [0.1, 0.15) is 0 Å². The first kappa shape index (κ1) is 28.4. The molecule has 0 bridgehead atoms. The zero-order valence-corrected chi connectivity index (χ0v) is 21.8. The summed E-state index contributed by atoms with van der Waals surface area (Å²) in [5.74, 6) is 0. The van der Waals surface area contributed by atoms with Gasteiger partial charge >= 0.3 is 35.6 Å². The molecule has 0 aliphatic rings. The molecule has 2 rings (SSSR count). The van der Waals surface area contributed by atoms with Gasteiger partial charge in [-0.2, -0.15) is 46.5 Å². The van der Waals surface area contributed by atoms with Crippen LogP contribution in [0.5, 0.6) is 0 Å². The molecule has 2 aromatic rings. The van der Waals surface area contributed by atoms with Gasteiger partial charge in [-0.05, 0) is 0 Å². The average Bonchev–Trinajstić information content (AvgIpc) is 3.27. The summed E-state index contributed by atoms with van der Waals surface area (Å²) < 4.78 is 0. The number of hydrogen-bond acceptors (Lipinski definition) is 0. The topological polar surface area (TPSA) is 0 Å². The maximum absolute atomic E-state index is 4.89. The van der Waals surface area contributed by atoms with Crippen molar-refractivity contribution in [3.63, 3.8) is 0 Å². The van der Waals surface area contributed by atoms with Crippen LogP contribution in [0.4, 0.5) is 0 Å². The standard InChI is InChI=1S/2C10H15.C2H7Si.2ClH.Ti/c2*1-3-5-10-7-6-9(4-2)8-10;1-3-2;;;/h2*6-8H,3-5H2,1-2H3;3H,1-2H3;2*1H;/q2*-1;;;;+2/p-2. The third-order valence-electron chi connectivity index (χ3n) is 3.66. The van der Waals surface area contributed by atoms with Gasteiger partial charge in [0.05, 0.1) is 0 Å². The molecule has 26 heavy (non-hydrogen) atoms. The molecule has 0 heterocycles. The van der Waals surface area contributed by atoms with E-state index in [2.05, 4.69) is 77.2 Å². The second-order valence-corrected chi connectivity index (χ2v) is 9.84. The number of rotatable bonds is 6. The molecular weight excluding hydrogens is 411 g/mol. The van der Waals surface area contributed by atoms with Gasteiger partial charge in [-0.1, -0.05) is 79.3 Å². The zero-order valence-electron chi connectivity index (χ0n) is 17.5. The fourth-order valence-electron chi connectivity index (χ4n) is 2.43. The Hall–Kier alpha value is 0.211. The summed E-state index contributed by atoms with van der Waals surface area (Å²) in [4.78, 5) is 0. The van der Waals surface area contributed by atoms with Gasteiger partial charge in [0.25, 0.3) is 0 Å². The normalized spacial score (nSPS) is 9.08. The Bertz CT molecular complexity index is 459. The van der Waals surface area contributed by atoms with Crippen LogP contribution in [0.1, 0.15) is 62.8 Å². The van der Waals surface area contributed by atoms with E-state index in [1.54, 1.807) is 0 Å². The Labute approximate surface area is 182 Å². The predicted molar refractivity (Wildman–Crippen MR) is 121 cm³/mol. The predicted octanol–water partition coefficient (Wildman–Crippen LogP) is 7.74. The molecule has 4 heteroatoms. The van der Waals surface area contributed by atoms with Gasteiger partial charge in [0.15, 0.2) is 0 Å². The van der Waals surface area contributed by atoms with E-state index in [9.17, 15) is 0 Å². The first-order chi connectivity index (χ1) is 12.6. The summed E-state index contributed by atoms with van der Waals surface area (Å²) in [6, 6.07) is 13.5. The van der Waals surface area contributed by atoms with Gasteiger partial charge < -0.3 is 0 Å². The van der Waals surface area contributed by atoms with Crippen molar-refractivity contribution in [3.05, 3.63) is 58.7 Å². The summed E-state index contributed by atoms with van der Waals surface area (Å²) in [6.07, 6.45) is 7.33. The molecule has 0 saturated heterocycles. The minimum absolute atomic E-state index is 0.556. The summed E-state index contributed by atoms with van der Waals surface area (Å²) in [6.45, 7) is 13.3. The number of aryl methyl sites for hydroxylation is 4. The van der Waals surface area contributed by atoms with Crippen LogP contribution >= 0.6 is 18.6 Å². The van der Waals surface area contributed by atoms with Gasteiger partial charge in [-0.3, -0.25) is 0 Å². The molecule has 1 radical (unpaired) electrons. The molecular formula is C22H37Cl2SiTi-2. The average molecular weight is 448 g/mol. The number of hydrogen-bond donors (Lipinski definition) is 0. The van der Waals surface area contributed by atoms with Gasteiger partial charge in [-0.15, -0.1) is 0 Å². The fraction of sp³-hybridized carbons (Fsp3) is 0.545. The van der Waals surface area contributed by atoms with Crippen molar-refractivity contribution in [1.29, 1.82) is 0 Å². The van der Waals surface area contributed by atoms with E-state index in [0.29, 0.717) is 0 Å². The molecule has 0 fully saturated rings. The first-order valence-corrected chi connectivity index (χ1v) is 16.4. The van der Waals surface area contributed by atoms with Crippen LogP contribution in [0.25, 0.3) is 0 Å². The summed E-state index contributed by atoms with van der Waals surface area (Å²) >= 11 is -0.556. The molecule has 2 aromatic carbocycles. The Morgan fingerprint density at radius 3 is 1.31 bits per heavy atom. The van der Waals surface area contributed by atoms with Crippen molar-refractivity contribution in [2.24, 2.45) is 0 Å². The molecule has 0 aliphatic heterocycles. The van der Waals surface area contributed by atoms with Crippen LogP contribution in [0.2, 0.25) is 13.1 Å². The molecule has 0 aromatic heterocycles. The Morgan fingerprint density at radius 1 is 0.808 bits per heavy atom. The SMILES string of the molecule is CCCc1c[cH-]c(CC)c1.CCCc1c[cH-]c(CC)c1.C[SiH]C.[Cl][Ti][Cl]. The van der Waals surface area contributed by atoms with E-state index in [1.807, 2.05) is 0 Å². The summed E-state index contributed by atoms with van der Waals surface area (Å²) in [7, 11) is 10.5. The Morgan fingerprint density at radius 2 is 1.12 bits per heavy atom. The van der Waals surface area contributed by atoms with Gasteiger partial charge in [-0.25, -0.2) is 12.1 Å². The quantitative estimate of drug-likeness (QED) is 0.313. The Kier molecular flexibility index (Phi) is 23.5. The van der Waals surface area contributed by atoms with Crippen LogP contribution < -0.4 is 0 Å². The molecule has 0 amide bonds. The summed E-state index contributed by atoms with van der Waals surface area (Å²) in [5, 5.41) is 0. The van der Waals surface area contributed by atoms with E-state index < -0.39 is 17.0 Å². The summed E-state index contributed by atoms with van der Waals surface area (Å²) in [5.41, 5.74) is 5.95. The molecule has 0 aliphatic carbocycles. The van der Waals surface area contributed by atoms with E-state index in [0.717, 1.165) is 9.52 Å². The van der Waals surface area contributed by atoms with Crippen molar-refractivity contribution in [1.82, 2.24) is 0 Å². The van der Waals surface area contributed by atoms with E-state index in [4.69, 9.17) is 18.6 Å². The van der Waals surface area contributed by atoms with Crippen molar-refractivity contribution >= 4 is 28.1 Å². The van der Waals surface area contributed by atoms with E-state index in [-0.39, 0.29) is 0 Å². The van der Waals surface area contributed by atoms with Crippen molar-refractivity contribution in [3.8, 4) is 0 Å². The number of halogens is 2. The molecule has 0 atom stereocenters. The van der Waals surface area contributed by atoms with Crippen molar-refractivity contribution < 1.29 is 17.0 Å². The third-order valence-corrected chi connectivity index (χ3v) is 3.66. The van der Waals surface area contributed by atoms with Crippen LogP contribution in [0.15, 0.2) is 36.4 Å². The van der Waals surface area contributed by atoms with Crippen LogP contribution in [0, 0.1) is 0 Å². The molecule has 0 spiro atoms. The van der Waals surface area contributed by atoms with Crippen molar-refractivity contribution in [2.45, 2.75) is 79.3 Å². The molecule has 0 nitrogen and oxygen atoms in total. The van der Waals surface area contributed by atoms with Crippen LogP contribution in [0.3, 0.4) is 0 Å². The second-order valence-electron chi connectivity index (χ2n) is 6.11. The maximum atomic E-state index is 4.89. The first-order valence-electron chi connectivity index (χ1n) is 9.75. The molecule has 0 N–H and O–H groups in total.